The van der Waals surface area contributed by atoms with E-state index < -0.39 is 0 Å². The summed E-state index contributed by atoms with van der Waals surface area (Å²) in [5, 5.41) is 6.66. The second-order valence-electron chi connectivity index (χ2n) is 6.80. The monoisotopic (exact) mass is 341 g/mol. The lowest BCUT2D eigenvalue weighted by atomic mass is 10.1. The molecule has 1 rings (SSSR count). The summed E-state index contributed by atoms with van der Waals surface area (Å²) in [6.45, 7) is 11.1. The van der Waals surface area contributed by atoms with Crippen molar-refractivity contribution in [2.75, 3.05) is 66.6 Å². The van der Waals surface area contributed by atoms with E-state index in [1.165, 1.54) is 0 Å². The molecule has 0 aromatic carbocycles. The second kappa shape index (κ2) is 12.1. The molecule has 1 fully saturated rings. The first-order chi connectivity index (χ1) is 11.5. The van der Waals surface area contributed by atoms with E-state index >= 15 is 0 Å². The molecule has 7 heteroatoms. The third kappa shape index (κ3) is 9.72. The number of nitrogens with zero attached hydrogens (tertiary/aromatic N) is 3. The van der Waals surface area contributed by atoms with Crippen molar-refractivity contribution in [3.63, 3.8) is 0 Å². The van der Waals surface area contributed by atoms with E-state index in [1.54, 1.807) is 19.0 Å². The lowest BCUT2D eigenvalue weighted by Gasteiger charge is -2.26. The van der Waals surface area contributed by atoms with Gasteiger partial charge in [0.25, 0.3) is 0 Å². The molecular weight excluding hydrogens is 306 g/mol. The standard InChI is InChI=1S/C17H35N5O2/c1-15(2)6-8-19-17(20-14-16(23)21(3)4)18-7-5-9-22-10-12-24-13-11-22/h15H,5-14H2,1-4H3,(H2,18,19,20). The van der Waals surface area contributed by atoms with Crippen LogP contribution in [0, 0.1) is 5.92 Å². The van der Waals surface area contributed by atoms with Crippen LogP contribution in [0.15, 0.2) is 4.99 Å². The molecule has 140 valence electrons. The van der Waals surface area contributed by atoms with Crippen molar-refractivity contribution in [2.45, 2.75) is 26.7 Å². The fourth-order valence-corrected chi connectivity index (χ4v) is 2.28. The number of morpholine rings is 1. The van der Waals surface area contributed by atoms with Crippen molar-refractivity contribution >= 4 is 11.9 Å². The average Bonchev–Trinajstić information content (AvgIpc) is 2.56. The summed E-state index contributed by atoms with van der Waals surface area (Å²) >= 11 is 0. The molecule has 0 radical (unpaired) electrons. The predicted molar refractivity (Wildman–Crippen MR) is 98.3 cm³/mol. The van der Waals surface area contributed by atoms with Crippen molar-refractivity contribution in [1.29, 1.82) is 0 Å². The molecule has 1 saturated heterocycles. The van der Waals surface area contributed by atoms with Gasteiger partial charge < -0.3 is 20.3 Å². The highest BCUT2D eigenvalue weighted by Crippen LogP contribution is 1.98. The molecule has 0 atom stereocenters. The van der Waals surface area contributed by atoms with Crippen molar-refractivity contribution in [2.24, 2.45) is 10.9 Å². The van der Waals surface area contributed by atoms with Crippen LogP contribution in [0.3, 0.4) is 0 Å². The fourth-order valence-electron chi connectivity index (χ4n) is 2.28. The van der Waals surface area contributed by atoms with Gasteiger partial charge in [-0.25, -0.2) is 4.99 Å². The van der Waals surface area contributed by atoms with Crippen molar-refractivity contribution in [3.05, 3.63) is 0 Å². The predicted octanol–water partition coefficient (Wildman–Crippen LogP) is 0.378. The van der Waals surface area contributed by atoms with Crippen LogP contribution >= 0.6 is 0 Å². The molecule has 0 aromatic rings. The molecule has 1 amide bonds. The van der Waals surface area contributed by atoms with Gasteiger partial charge in [-0.3, -0.25) is 9.69 Å². The summed E-state index contributed by atoms with van der Waals surface area (Å²) in [5.74, 6) is 1.38. The smallest absolute Gasteiger partial charge is 0.243 e. The molecule has 0 aliphatic carbocycles. The number of rotatable bonds is 9. The summed E-state index contributed by atoms with van der Waals surface area (Å²) < 4.78 is 5.36. The van der Waals surface area contributed by atoms with Gasteiger partial charge in [0.2, 0.25) is 5.91 Å². The Morgan fingerprint density at radius 2 is 1.88 bits per heavy atom. The Balaban J connectivity index is 2.33. The summed E-state index contributed by atoms with van der Waals surface area (Å²) in [7, 11) is 3.50. The molecule has 0 bridgehead atoms. The quantitative estimate of drug-likeness (QED) is 0.360. The van der Waals surface area contributed by atoms with E-state index in [4.69, 9.17) is 4.74 Å². The number of likely N-dealkylation sites (N-methyl/N-ethyl adjacent to an activating group) is 1. The van der Waals surface area contributed by atoms with Gasteiger partial charge >= 0.3 is 0 Å². The zero-order valence-electron chi connectivity index (χ0n) is 15.8. The summed E-state index contributed by atoms with van der Waals surface area (Å²) in [6, 6.07) is 0. The highest BCUT2D eigenvalue weighted by molar-refractivity contribution is 5.84. The van der Waals surface area contributed by atoms with E-state index in [-0.39, 0.29) is 12.5 Å². The highest BCUT2D eigenvalue weighted by atomic mass is 16.5. The number of nitrogens with one attached hydrogen (secondary N) is 2. The molecule has 1 heterocycles. The SMILES string of the molecule is CC(C)CCNC(=NCC(=O)N(C)C)NCCCN1CCOCC1. The zero-order valence-corrected chi connectivity index (χ0v) is 15.8. The Morgan fingerprint density at radius 3 is 2.50 bits per heavy atom. The number of hydrogen-bond acceptors (Lipinski definition) is 4. The summed E-state index contributed by atoms with van der Waals surface area (Å²) in [4.78, 5) is 20.1. The Kier molecular flexibility index (Phi) is 10.4. The zero-order chi connectivity index (χ0) is 17.8. The Bertz CT molecular complexity index is 379. The number of guanidine groups is 1. The van der Waals surface area contributed by atoms with Gasteiger partial charge in [0.15, 0.2) is 5.96 Å². The minimum absolute atomic E-state index is 0.00766. The molecule has 0 saturated carbocycles. The Hall–Kier alpha value is -1.34. The lowest BCUT2D eigenvalue weighted by molar-refractivity contribution is -0.127. The molecule has 1 aliphatic rings. The first kappa shape index (κ1) is 20.7. The number of carbonyl (C=O) groups is 1. The van der Waals surface area contributed by atoms with Gasteiger partial charge in [-0.2, -0.15) is 0 Å². The van der Waals surface area contributed by atoms with Crippen LogP contribution in [0.4, 0.5) is 0 Å². The molecule has 2 N–H and O–H groups in total. The fraction of sp³-hybridized carbons (Fsp3) is 0.882. The number of hydrogen-bond donors (Lipinski definition) is 2. The molecule has 7 nitrogen and oxygen atoms in total. The van der Waals surface area contributed by atoms with Gasteiger partial charge in [-0.1, -0.05) is 13.8 Å². The van der Waals surface area contributed by atoms with Crippen molar-refractivity contribution in [3.8, 4) is 0 Å². The first-order valence-electron chi connectivity index (χ1n) is 9.01. The maximum atomic E-state index is 11.7. The van der Waals surface area contributed by atoms with Crippen molar-refractivity contribution < 1.29 is 9.53 Å². The Labute approximate surface area is 146 Å². The van der Waals surface area contributed by atoms with Crippen LogP contribution in [-0.4, -0.2) is 88.2 Å². The minimum Gasteiger partial charge on any atom is -0.379 e. The van der Waals surface area contributed by atoms with Gasteiger partial charge in [0, 0.05) is 40.3 Å². The molecular formula is C17H35N5O2. The van der Waals surface area contributed by atoms with Gasteiger partial charge in [-0.15, -0.1) is 0 Å². The van der Waals surface area contributed by atoms with Crippen LogP contribution in [-0.2, 0) is 9.53 Å². The van der Waals surface area contributed by atoms with Crippen molar-refractivity contribution in [1.82, 2.24) is 20.4 Å². The maximum absolute atomic E-state index is 11.7. The minimum atomic E-state index is 0.00766. The van der Waals surface area contributed by atoms with Gasteiger partial charge in [-0.05, 0) is 25.3 Å². The highest BCUT2D eigenvalue weighted by Gasteiger charge is 2.09. The number of amides is 1. The van der Waals surface area contributed by atoms with E-state index in [0.29, 0.717) is 5.92 Å². The topological polar surface area (TPSA) is 69.2 Å². The maximum Gasteiger partial charge on any atom is 0.243 e. The van der Waals surface area contributed by atoms with Gasteiger partial charge in [0.05, 0.1) is 13.2 Å². The molecule has 0 spiro atoms. The first-order valence-corrected chi connectivity index (χ1v) is 9.01. The van der Waals surface area contributed by atoms with E-state index in [9.17, 15) is 4.79 Å². The lowest BCUT2D eigenvalue weighted by Crippen LogP contribution is -2.41. The third-order valence-electron chi connectivity index (χ3n) is 3.93. The molecule has 0 aromatic heterocycles. The normalized spacial score (nSPS) is 16.3. The van der Waals surface area contributed by atoms with Gasteiger partial charge in [0.1, 0.15) is 6.54 Å². The van der Waals surface area contributed by atoms with Crippen LogP contribution in [0.1, 0.15) is 26.7 Å². The average molecular weight is 342 g/mol. The van der Waals surface area contributed by atoms with E-state index in [2.05, 4.69) is 34.4 Å². The number of carbonyl (C=O) groups excluding carboxylic acids is 1. The van der Waals surface area contributed by atoms with Crippen LogP contribution in [0.5, 0.6) is 0 Å². The van der Waals surface area contributed by atoms with E-state index in [1.807, 2.05) is 0 Å². The van der Waals surface area contributed by atoms with Crippen LogP contribution in [0.25, 0.3) is 0 Å². The molecule has 24 heavy (non-hydrogen) atoms. The third-order valence-corrected chi connectivity index (χ3v) is 3.93. The van der Waals surface area contributed by atoms with Crippen LogP contribution in [0.2, 0.25) is 0 Å². The number of ether oxygens (including phenoxy) is 1. The number of aliphatic imine (C=N–C) groups is 1. The second-order valence-corrected chi connectivity index (χ2v) is 6.80. The molecule has 0 unspecified atom stereocenters. The summed E-state index contributed by atoms with van der Waals surface area (Å²) in [6.07, 6.45) is 2.13. The van der Waals surface area contributed by atoms with Crippen LogP contribution < -0.4 is 10.6 Å². The largest absolute Gasteiger partial charge is 0.379 e. The van der Waals surface area contributed by atoms with E-state index in [0.717, 1.165) is 64.7 Å². The summed E-state index contributed by atoms with van der Waals surface area (Å²) in [5.41, 5.74) is 0. The Morgan fingerprint density at radius 1 is 1.21 bits per heavy atom. The molecule has 1 aliphatic heterocycles.